The maximum absolute atomic E-state index is 11.2. The fraction of sp³-hybridized carbons (Fsp3) is 0.333. The van der Waals surface area contributed by atoms with Crippen LogP contribution in [0.2, 0.25) is 0 Å². The van der Waals surface area contributed by atoms with Gasteiger partial charge < -0.3 is 10.5 Å². The van der Waals surface area contributed by atoms with Crippen LogP contribution in [0.25, 0.3) is 0 Å². The second-order valence-corrected chi connectivity index (χ2v) is 3.48. The van der Waals surface area contributed by atoms with Crippen LogP contribution in [0.4, 0.5) is 0 Å². The second kappa shape index (κ2) is 6.74. The first-order chi connectivity index (χ1) is 7.68. The second-order valence-electron chi connectivity index (χ2n) is 3.48. The molecular weight excluding hydrogens is 206 g/mol. The van der Waals surface area contributed by atoms with Crippen LogP contribution in [0.3, 0.4) is 0 Å². The molecule has 1 aromatic carbocycles. The van der Waals surface area contributed by atoms with Crippen molar-refractivity contribution in [3.63, 3.8) is 0 Å². The molecule has 86 valence electrons. The smallest absolute Gasteiger partial charge is 0.217 e. The van der Waals surface area contributed by atoms with Crippen LogP contribution in [-0.4, -0.2) is 18.3 Å². The molecule has 0 saturated carbocycles. The molecule has 2 N–H and O–H groups in total. The Balaban J connectivity index is 2.16. The van der Waals surface area contributed by atoms with Gasteiger partial charge in [-0.05, 0) is 5.56 Å². The zero-order valence-corrected chi connectivity index (χ0v) is 9.02. The molecular formula is C12H15NO3. The summed E-state index contributed by atoms with van der Waals surface area (Å²) in [5, 5.41) is 0. The van der Waals surface area contributed by atoms with Gasteiger partial charge in [-0.15, -0.1) is 0 Å². The summed E-state index contributed by atoms with van der Waals surface area (Å²) in [5.41, 5.74) is 5.95. The number of nitrogens with two attached hydrogens (primary N) is 1. The highest BCUT2D eigenvalue weighted by Gasteiger charge is 2.04. The Hall–Kier alpha value is -1.68. The van der Waals surface area contributed by atoms with Crippen LogP contribution in [-0.2, 0) is 20.9 Å². The lowest BCUT2D eigenvalue weighted by Crippen LogP contribution is -2.15. The lowest BCUT2D eigenvalue weighted by Gasteiger charge is -2.03. The topological polar surface area (TPSA) is 69.4 Å². The van der Waals surface area contributed by atoms with Gasteiger partial charge in [0, 0.05) is 12.8 Å². The summed E-state index contributed by atoms with van der Waals surface area (Å²) in [7, 11) is 0. The molecule has 0 fully saturated rings. The highest BCUT2D eigenvalue weighted by atomic mass is 16.5. The van der Waals surface area contributed by atoms with Gasteiger partial charge in [-0.25, -0.2) is 0 Å². The van der Waals surface area contributed by atoms with E-state index in [1.54, 1.807) is 0 Å². The van der Waals surface area contributed by atoms with Gasteiger partial charge in [0.15, 0.2) is 5.78 Å². The Kier molecular flexibility index (Phi) is 5.22. The Bertz CT molecular complexity index is 349. The number of ketones is 1. The quantitative estimate of drug-likeness (QED) is 0.747. The first-order valence-electron chi connectivity index (χ1n) is 5.10. The molecule has 0 aliphatic heterocycles. The van der Waals surface area contributed by atoms with Gasteiger partial charge in [0.2, 0.25) is 5.91 Å². The summed E-state index contributed by atoms with van der Waals surface area (Å²) < 4.78 is 5.21. The van der Waals surface area contributed by atoms with Crippen molar-refractivity contribution in [3.05, 3.63) is 35.9 Å². The van der Waals surface area contributed by atoms with E-state index in [1.807, 2.05) is 30.3 Å². The van der Waals surface area contributed by atoms with Crippen LogP contribution < -0.4 is 5.73 Å². The Labute approximate surface area is 94.4 Å². The molecule has 4 heteroatoms. The van der Waals surface area contributed by atoms with Gasteiger partial charge in [-0.2, -0.15) is 0 Å². The molecule has 0 bridgehead atoms. The van der Waals surface area contributed by atoms with Gasteiger partial charge in [-0.1, -0.05) is 30.3 Å². The Morgan fingerprint density at radius 3 is 2.44 bits per heavy atom. The normalized spacial score (nSPS) is 10.0. The molecule has 0 heterocycles. The highest BCUT2D eigenvalue weighted by molar-refractivity contribution is 5.84. The van der Waals surface area contributed by atoms with Crippen LogP contribution in [0.5, 0.6) is 0 Å². The van der Waals surface area contributed by atoms with E-state index in [-0.39, 0.29) is 25.2 Å². The van der Waals surface area contributed by atoms with Crippen molar-refractivity contribution in [3.8, 4) is 0 Å². The predicted molar refractivity (Wildman–Crippen MR) is 59.5 cm³/mol. The van der Waals surface area contributed by atoms with Crippen LogP contribution >= 0.6 is 0 Å². The molecule has 0 atom stereocenters. The molecule has 1 aromatic rings. The minimum absolute atomic E-state index is 0.0299. The lowest BCUT2D eigenvalue weighted by atomic mass is 10.2. The lowest BCUT2D eigenvalue weighted by molar-refractivity contribution is -0.127. The molecule has 0 aliphatic carbocycles. The third kappa shape index (κ3) is 5.26. The molecule has 1 amide bonds. The number of rotatable bonds is 7. The molecule has 0 saturated heterocycles. The maximum Gasteiger partial charge on any atom is 0.217 e. The average Bonchev–Trinajstić information content (AvgIpc) is 2.28. The van der Waals surface area contributed by atoms with Gasteiger partial charge >= 0.3 is 0 Å². The van der Waals surface area contributed by atoms with E-state index >= 15 is 0 Å². The standard InChI is InChI=1S/C12H15NO3/c13-12(15)7-6-11(14)9-16-8-10-4-2-1-3-5-10/h1-5H,6-9H2,(H2,13,15). The fourth-order valence-electron chi connectivity index (χ4n) is 1.19. The number of Topliss-reactive ketones (excluding diaryl/α,β-unsaturated/α-hetero) is 1. The number of primary amides is 1. The number of amides is 1. The highest BCUT2D eigenvalue weighted by Crippen LogP contribution is 2.01. The number of benzene rings is 1. The maximum atomic E-state index is 11.2. The largest absolute Gasteiger partial charge is 0.370 e. The average molecular weight is 221 g/mol. The number of ether oxygens (including phenoxy) is 1. The summed E-state index contributed by atoms with van der Waals surface area (Å²) >= 11 is 0. The Morgan fingerprint density at radius 2 is 1.81 bits per heavy atom. The molecule has 4 nitrogen and oxygen atoms in total. The zero-order valence-electron chi connectivity index (χ0n) is 9.02. The minimum Gasteiger partial charge on any atom is -0.370 e. The summed E-state index contributed by atoms with van der Waals surface area (Å²) in [6, 6.07) is 9.59. The van der Waals surface area contributed by atoms with E-state index in [1.165, 1.54) is 0 Å². The summed E-state index contributed by atoms with van der Waals surface area (Å²) in [5.74, 6) is -0.564. The molecule has 0 unspecified atom stereocenters. The van der Waals surface area contributed by atoms with Crippen molar-refractivity contribution in [1.29, 1.82) is 0 Å². The van der Waals surface area contributed by atoms with Gasteiger partial charge in [0.25, 0.3) is 0 Å². The van der Waals surface area contributed by atoms with Gasteiger partial charge in [0.05, 0.1) is 6.61 Å². The predicted octanol–water partition coefficient (Wildman–Crippen LogP) is 1.04. The van der Waals surface area contributed by atoms with Gasteiger partial charge in [0.1, 0.15) is 6.61 Å². The number of carbonyl (C=O) groups is 2. The molecule has 0 spiro atoms. The van der Waals surface area contributed by atoms with E-state index in [4.69, 9.17) is 10.5 Å². The van der Waals surface area contributed by atoms with E-state index in [0.717, 1.165) is 5.56 Å². The molecule has 16 heavy (non-hydrogen) atoms. The van der Waals surface area contributed by atoms with Crippen LogP contribution in [0.1, 0.15) is 18.4 Å². The third-order valence-electron chi connectivity index (χ3n) is 2.02. The fourth-order valence-corrected chi connectivity index (χ4v) is 1.19. The summed E-state index contributed by atoms with van der Waals surface area (Å²) in [6.07, 6.45) is 0.248. The SMILES string of the molecule is NC(=O)CCC(=O)COCc1ccccc1. The van der Waals surface area contributed by atoms with E-state index < -0.39 is 5.91 Å². The van der Waals surface area contributed by atoms with Crippen LogP contribution in [0, 0.1) is 0 Å². The molecule has 0 radical (unpaired) electrons. The van der Waals surface area contributed by atoms with Crippen molar-refractivity contribution in [2.45, 2.75) is 19.4 Å². The van der Waals surface area contributed by atoms with Gasteiger partial charge in [-0.3, -0.25) is 9.59 Å². The molecule has 1 rings (SSSR count). The van der Waals surface area contributed by atoms with E-state index in [0.29, 0.717) is 6.61 Å². The van der Waals surface area contributed by atoms with Crippen molar-refractivity contribution in [1.82, 2.24) is 0 Å². The summed E-state index contributed by atoms with van der Waals surface area (Å²) in [4.78, 5) is 21.6. The molecule has 0 aromatic heterocycles. The number of hydrogen-bond acceptors (Lipinski definition) is 3. The number of carbonyl (C=O) groups excluding carboxylic acids is 2. The third-order valence-corrected chi connectivity index (χ3v) is 2.02. The Morgan fingerprint density at radius 1 is 1.12 bits per heavy atom. The van der Waals surface area contributed by atoms with Crippen molar-refractivity contribution in [2.75, 3.05) is 6.61 Å². The van der Waals surface area contributed by atoms with E-state index in [2.05, 4.69) is 0 Å². The summed E-state index contributed by atoms with van der Waals surface area (Å²) in [6.45, 7) is 0.436. The van der Waals surface area contributed by atoms with Crippen molar-refractivity contribution < 1.29 is 14.3 Å². The first kappa shape index (κ1) is 12.4. The van der Waals surface area contributed by atoms with Crippen LogP contribution in [0.15, 0.2) is 30.3 Å². The first-order valence-corrected chi connectivity index (χ1v) is 5.10. The van der Waals surface area contributed by atoms with Crippen molar-refractivity contribution in [2.24, 2.45) is 5.73 Å². The number of hydrogen-bond donors (Lipinski definition) is 1. The zero-order chi connectivity index (χ0) is 11.8. The molecule has 0 aliphatic rings. The monoisotopic (exact) mass is 221 g/mol. The minimum atomic E-state index is -0.462. The van der Waals surface area contributed by atoms with E-state index in [9.17, 15) is 9.59 Å². The van der Waals surface area contributed by atoms with Crippen molar-refractivity contribution >= 4 is 11.7 Å².